The predicted molar refractivity (Wildman–Crippen MR) is 84.3 cm³/mol. The van der Waals surface area contributed by atoms with Gasteiger partial charge in [-0.05, 0) is 38.1 Å². The lowest BCUT2D eigenvalue weighted by Gasteiger charge is -2.14. The van der Waals surface area contributed by atoms with E-state index in [0.29, 0.717) is 10.0 Å². The van der Waals surface area contributed by atoms with E-state index in [2.05, 4.69) is 10.3 Å². The number of nitrogens with two attached hydrogens (primary N) is 1. The number of rotatable bonds is 3. The van der Waals surface area contributed by atoms with Crippen LogP contribution in [-0.2, 0) is 0 Å². The number of nitrogens with zero attached hydrogens (tertiary/aromatic N) is 1. The van der Waals surface area contributed by atoms with Gasteiger partial charge in [0.25, 0.3) is 0 Å². The van der Waals surface area contributed by atoms with E-state index in [-0.39, 0.29) is 0 Å². The summed E-state index contributed by atoms with van der Waals surface area (Å²) in [7, 11) is 0. The molecular weight excluding hydrogens is 278 g/mol. The minimum Gasteiger partial charge on any atom is -0.389 e. The minimum atomic E-state index is 0.328. The van der Waals surface area contributed by atoms with Crippen molar-refractivity contribution in [1.82, 2.24) is 4.98 Å². The van der Waals surface area contributed by atoms with E-state index >= 15 is 0 Å². The summed E-state index contributed by atoms with van der Waals surface area (Å²) in [6, 6.07) is 9.40. The number of pyridine rings is 1. The number of aryl methyl sites for hydroxylation is 2. The summed E-state index contributed by atoms with van der Waals surface area (Å²) in [5.74, 6) is 0. The maximum absolute atomic E-state index is 5.97. The smallest absolute Gasteiger partial charge is 0.107 e. The first kappa shape index (κ1) is 13.8. The third kappa shape index (κ3) is 3.22. The molecular formula is C14H14ClN3S. The fourth-order valence-electron chi connectivity index (χ4n) is 1.96. The largest absolute Gasteiger partial charge is 0.389 e. The van der Waals surface area contributed by atoms with Crippen LogP contribution in [0.2, 0.25) is 5.02 Å². The SMILES string of the molecule is Cc1cc(Nc2cccc(Cl)c2)c(C(N)=S)c(C)n1. The number of benzene rings is 1. The maximum Gasteiger partial charge on any atom is 0.107 e. The van der Waals surface area contributed by atoms with Crippen molar-refractivity contribution in [3.05, 3.63) is 52.3 Å². The van der Waals surface area contributed by atoms with Crippen LogP contribution in [-0.4, -0.2) is 9.97 Å². The molecule has 0 spiro atoms. The van der Waals surface area contributed by atoms with Gasteiger partial charge in [0, 0.05) is 22.1 Å². The molecule has 0 saturated carbocycles. The third-order valence-electron chi connectivity index (χ3n) is 2.68. The quantitative estimate of drug-likeness (QED) is 0.846. The van der Waals surface area contributed by atoms with E-state index in [0.717, 1.165) is 28.3 Å². The van der Waals surface area contributed by atoms with Crippen molar-refractivity contribution < 1.29 is 0 Å². The van der Waals surface area contributed by atoms with Crippen molar-refractivity contribution in [3.63, 3.8) is 0 Å². The van der Waals surface area contributed by atoms with E-state index in [1.54, 1.807) is 0 Å². The molecule has 0 saturated heterocycles. The first-order valence-electron chi connectivity index (χ1n) is 5.78. The van der Waals surface area contributed by atoms with Crippen LogP contribution in [0, 0.1) is 13.8 Å². The van der Waals surface area contributed by atoms with Gasteiger partial charge in [0.05, 0.1) is 11.3 Å². The monoisotopic (exact) mass is 291 g/mol. The second-order valence-electron chi connectivity index (χ2n) is 4.27. The van der Waals surface area contributed by atoms with Crippen molar-refractivity contribution in [1.29, 1.82) is 0 Å². The van der Waals surface area contributed by atoms with E-state index < -0.39 is 0 Å². The first-order valence-corrected chi connectivity index (χ1v) is 6.56. The molecule has 3 nitrogen and oxygen atoms in total. The average Bonchev–Trinajstić information content (AvgIpc) is 2.26. The molecule has 2 aromatic rings. The summed E-state index contributed by atoms with van der Waals surface area (Å²) < 4.78 is 0. The van der Waals surface area contributed by atoms with Gasteiger partial charge in [-0.2, -0.15) is 0 Å². The van der Waals surface area contributed by atoms with Gasteiger partial charge in [-0.1, -0.05) is 29.9 Å². The lowest BCUT2D eigenvalue weighted by Crippen LogP contribution is -2.15. The summed E-state index contributed by atoms with van der Waals surface area (Å²) in [5.41, 5.74) is 9.99. The Balaban J connectivity index is 2.47. The normalized spacial score (nSPS) is 10.3. The first-order chi connectivity index (χ1) is 8.97. The molecule has 0 radical (unpaired) electrons. The Hall–Kier alpha value is -1.65. The molecule has 1 heterocycles. The van der Waals surface area contributed by atoms with Crippen molar-refractivity contribution >= 4 is 40.2 Å². The Labute approximate surface area is 122 Å². The second kappa shape index (κ2) is 5.55. The molecule has 0 fully saturated rings. The molecule has 1 aromatic carbocycles. The van der Waals surface area contributed by atoms with Crippen LogP contribution >= 0.6 is 23.8 Å². The van der Waals surface area contributed by atoms with E-state index in [1.807, 2.05) is 44.2 Å². The lowest BCUT2D eigenvalue weighted by molar-refractivity contribution is 1.12. The van der Waals surface area contributed by atoms with Gasteiger partial charge in [0.1, 0.15) is 4.99 Å². The number of thiocarbonyl (C=S) groups is 1. The maximum atomic E-state index is 5.97. The number of nitrogens with one attached hydrogen (secondary N) is 1. The fraction of sp³-hybridized carbons (Fsp3) is 0.143. The molecule has 0 aliphatic heterocycles. The third-order valence-corrected chi connectivity index (χ3v) is 3.12. The summed E-state index contributed by atoms with van der Waals surface area (Å²) >= 11 is 11.1. The van der Waals surface area contributed by atoms with Gasteiger partial charge < -0.3 is 11.1 Å². The lowest BCUT2D eigenvalue weighted by atomic mass is 10.1. The van der Waals surface area contributed by atoms with Crippen molar-refractivity contribution in [2.45, 2.75) is 13.8 Å². The highest BCUT2D eigenvalue weighted by Gasteiger charge is 2.11. The Morgan fingerprint density at radius 1 is 1.32 bits per heavy atom. The Kier molecular flexibility index (Phi) is 4.02. The van der Waals surface area contributed by atoms with Crippen LogP contribution in [0.4, 0.5) is 11.4 Å². The molecule has 98 valence electrons. The number of halogens is 1. The van der Waals surface area contributed by atoms with Crippen molar-refractivity contribution in [2.75, 3.05) is 5.32 Å². The average molecular weight is 292 g/mol. The molecule has 2 rings (SSSR count). The fourth-order valence-corrected chi connectivity index (χ4v) is 2.41. The summed E-state index contributed by atoms with van der Waals surface area (Å²) in [5, 5.41) is 3.96. The zero-order valence-corrected chi connectivity index (χ0v) is 12.3. The zero-order valence-electron chi connectivity index (χ0n) is 10.7. The summed E-state index contributed by atoms with van der Waals surface area (Å²) in [4.78, 5) is 4.71. The van der Waals surface area contributed by atoms with Gasteiger partial charge in [-0.25, -0.2) is 0 Å². The van der Waals surface area contributed by atoms with Gasteiger partial charge in [0.15, 0.2) is 0 Å². The van der Waals surface area contributed by atoms with Crippen molar-refractivity contribution in [2.24, 2.45) is 5.73 Å². The Morgan fingerprint density at radius 3 is 2.68 bits per heavy atom. The Morgan fingerprint density at radius 2 is 2.05 bits per heavy atom. The van der Waals surface area contributed by atoms with Crippen LogP contribution in [0.3, 0.4) is 0 Å². The molecule has 3 N–H and O–H groups in total. The Bertz CT molecular complexity index is 641. The highest BCUT2D eigenvalue weighted by atomic mass is 35.5. The highest BCUT2D eigenvalue weighted by Crippen LogP contribution is 2.25. The topological polar surface area (TPSA) is 50.9 Å². The molecule has 1 aromatic heterocycles. The predicted octanol–water partition coefficient (Wildman–Crippen LogP) is 3.73. The van der Waals surface area contributed by atoms with Gasteiger partial charge >= 0.3 is 0 Å². The molecule has 0 aliphatic rings. The highest BCUT2D eigenvalue weighted by molar-refractivity contribution is 7.80. The van der Waals surface area contributed by atoms with Crippen LogP contribution in [0.25, 0.3) is 0 Å². The van der Waals surface area contributed by atoms with Gasteiger partial charge in [-0.15, -0.1) is 0 Å². The standard InChI is InChI=1S/C14H14ClN3S/c1-8-6-12(13(14(16)19)9(2)17-8)18-11-5-3-4-10(15)7-11/h3-7H,1-2H3,(H2,16,19)(H,17,18). The second-order valence-corrected chi connectivity index (χ2v) is 5.15. The van der Waals surface area contributed by atoms with Crippen LogP contribution < -0.4 is 11.1 Å². The van der Waals surface area contributed by atoms with E-state index in [9.17, 15) is 0 Å². The van der Waals surface area contributed by atoms with Gasteiger partial charge in [0.2, 0.25) is 0 Å². The van der Waals surface area contributed by atoms with Crippen LogP contribution in [0.1, 0.15) is 17.0 Å². The number of anilines is 2. The zero-order chi connectivity index (χ0) is 14.0. The number of hydrogen-bond acceptors (Lipinski definition) is 3. The number of hydrogen-bond donors (Lipinski definition) is 2. The molecule has 5 heteroatoms. The molecule has 0 aliphatic carbocycles. The van der Waals surface area contributed by atoms with Crippen LogP contribution in [0.5, 0.6) is 0 Å². The van der Waals surface area contributed by atoms with E-state index in [1.165, 1.54) is 0 Å². The van der Waals surface area contributed by atoms with E-state index in [4.69, 9.17) is 29.6 Å². The summed E-state index contributed by atoms with van der Waals surface area (Å²) in [6.07, 6.45) is 0. The molecule has 0 unspecified atom stereocenters. The van der Waals surface area contributed by atoms with Crippen LogP contribution in [0.15, 0.2) is 30.3 Å². The van der Waals surface area contributed by atoms with Gasteiger partial charge in [-0.3, -0.25) is 4.98 Å². The molecule has 0 bridgehead atoms. The molecule has 19 heavy (non-hydrogen) atoms. The van der Waals surface area contributed by atoms with Crippen molar-refractivity contribution in [3.8, 4) is 0 Å². The molecule has 0 amide bonds. The minimum absolute atomic E-state index is 0.328. The molecule has 0 atom stereocenters. The summed E-state index contributed by atoms with van der Waals surface area (Å²) in [6.45, 7) is 3.82. The number of aromatic nitrogens is 1.